The fourth-order valence-electron chi connectivity index (χ4n) is 4.14. The molecule has 2 N–H and O–H groups in total. The van der Waals surface area contributed by atoms with Crippen LogP contribution in [0.2, 0.25) is 0 Å². The molecule has 2 aliphatic rings. The third-order valence-electron chi connectivity index (χ3n) is 5.08. The van der Waals surface area contributed by atoms with Crippen molar-refractivity contribution >= 4 is 23.0 Å². The number of hydrogen-bond donors (Lipinski definition) is 1. The Labute approximate surface area is 132 Å². The van der Waals surface area contributed by atoms with Gasteiger partial charge in [0.25, 0.3) is 0 Å². The maximum absolute atomic E-state index is 5.93. The number of thiocarbonyl (C=S) groups is 1. The first-order valence-electron chi connectivity index (χ1n) is 7.77. The molecule has 0 amide bonds. The first kappa shape index (κ1) is 14.8. The zero-order chi connectivity index (χ0) is 15.1. The number of aryl methyl sites for hydroxylation is 2. The summed E-state index contributed by atoms with van der Waals surface area (Å²) in [6.45, 7) is 5.37. The molecule has 1 aromatic heterocycles. The van der Waals surface area contributed by atoms with E-state index in [0.29, 0.717) is 4.99 Å². The average Bonchev–Trinajstić information content (AvgIpc) is 2.73. The van der Waals surface area contributed by atoms with Crippen molar-refractivity contribution in [2.75, 3.05) is 31.6 Å². The van der Waals surface area contributed by atoms with Crippen LogP contribution in [0.15, 0.2) is 0 Å². The third kappa shape index (κ3) is 2.55. The molecule has 2 atom stereocenters. The average molecular weight is 307 g/mol. The minimum atomic E-state index is 0.457. The summed E-state index contributed by atoms with van der Waals surface area (Å²) in [4.78, 5) is 5.43. The summed E-state index contributed by atoms with van der Waals surface area (Å²) >= 11 is 5.24. The molecule has 1 aromatic rings. The summed E-state index contributed by atoms with van der Waals surface area (Å²) in [6, 6.07) is 0.734. The Morgan fingerprint density at radius 2 is 2.05 bits per heavy atom. The Morgan fingerprint density at radius 1 is 1.29 bits per heavy atom. The maximum Gasteiger partial charge on any atom is 0.137 e. The second-order valence-electron chi connectivity index (χ2n) is 6.46. The van der Waals surface area contributed by atoms with E-state index < -0.39 is 0 Å². The predicted molar refractivity (Wildman–Crippen MR) is 89.8 cm³/mol. The Morgan fingerprint density at radius 3 is 2.76 bits per heavy atom. The van der Waals surface area contributed by atoms with Crippen LogP contribution in [-0.4, -0.2) is 52.4 Å². The zero-order valence-corrected chi connectivity index (χ0v) is 14.0. The number of fused-ring (bicyclic) bond motifs is 1. The molecule has 0 saturated carbocycles. The van der Waals surface area contributed by atoms with Gasteiger partial charge in [0.15, 0.2) is 0 Å². The van der Waals surface area contributed by atoms with E-state index in [9.17, 15) is 0 Å². The second kappa shape index (κ2) is 5.57. The van der Waals surface area contributed by atoms with Gasteiger partial charge in [0.2, 0.25) is 0 Å². The quantitative estimate of drug-likeness (QED) is 0.834. The van der Waals surface area contributed by atoms with Gasteiger partial charge in [0.1, 0.15) is 10.8 Å². The maximum atomic E-state index is 5.93. The number of anilines is 1. The van der Waals surface area contributed by atoms with Gasteiger partial charge in [-0.2, -0.15) is 5.10 Å². The Bertz CT molecular complexity index is 553. The lowest BCUT2D eigenvalue weighted by atomic mass is 9.84. The van der Waals surface area contributed by atoms with Crippen LogP contribution in [0.25, 0.3) is 0 Å². The SMILES string of the molecule is Cc1nn(C)c(N2CCC3C(CCCN3C)C2)c1C(N)=S. The van der Waals surface area contributed by atoms with Crippen molar-refractivity contribution in [3.05, 3.63) is 11.3 Å². The van der Waals surface area contributed by atoms with Gasteiger partial charge in [-0.1, -0.05) is 12.2 Å². The van der Waals surface area contributed by atoms with Crippen molar-refractivity contribution in [1.82, 2.24) is 14.7 Å². The Balaban J connectivity index is 1.87. The van der Waals surface area contributed by atoms with Crippen LogP contribution in [0.1, 0.15) is 30.5 Å². The number of hydrogen-bond acceptors (Lipinski definition) is 4. The largest absolute Gasteiger partial charge is 0.389 e. The lowest BCUT2D eigenvalue weighted by Gasteiger charge is -2.46. The summed E-state index contributed by atoms with van der Waals surface area (Å²) in [7, 11) is 4.25. The number of nitrogens with zero attached hydrogens (tertiary/aromatic N) is 4. The van der Waals surface area contributed by atoms with E-state index in [-0.39, 0.29) is 0 Å². The van der Waals surface area contributed by atoms with Crippen LogP contribution in [0, 0.1) is 12.8 Å². The van der Waals surface area contributed by atoms with Crippen molar-refractivity contribution in [2.45, 2.75) is 32.2 Å². The van der Waals surface area contributed by atoms with Gasteiger partial charge in [0.05, 0.1) is 11.3 Å². The normalized spacial score (nSPS) is 26.7. The fourth-order valence-corrected chi connectivity index (χ4v) is 4.38. The topological polar surface area (TPSA) is 50.3 Å². The number of aromatic nitrogens is 2. The van der Waals surface area contributed by atoms with E-state index in [0.717, 1.165) is 42.1 Å². The monoisotopic (exact) mass is 307 g/mol. The van der Waals surface area contributed by atoms with Gasteiger partial charge in [0, 0.05) is 26.2 Å². The van der Waals surface area contributed by atoms with Gasteiger partial charge < -0.3 is 15.5 Å². The first-order chi connectivity index (χ1) is 9.99. The van der Waals surface area contributed by atoms with Gasteiger partial charge >= 0.3 is 0 Å². The molecule has 6 heteroatoms. The van der Waals surface area contributed by atoms with Gasteiger partial charge in [-0.25, -0.2) is 0 Å². The van der Waals surface area contributed by atoms with Crippen molar-refractivity contribution in [3.63, 3.8) is 0 Å². The highest BCUT2D eigenvalue weighted by molar-refractivity contribution is 7.80. The number of likely N-dealkylation sites (tertiary alicyclic amines) is 1. The molecule has 0 aromatic carbocycles. The molecule has 116 valence electrons. The van der Waals surface area contributed by atoms with Crippen LogP contribution in [0.3, 0.4) is 0 Å². The van der Waals surface area contributed by atoms with E-state index in [1.165, 1.54) is 25.8 Å². The smallest absolute Gasteiger partial charge is 0.137 e. The molecule has 3 rings (SSSR count). The van der Waals surface area contributed by atoms with E-state index in [1.54, 1.807) is 0 Å². The van der Waals surface area contributed by atoms with Crippen LogP contribution in [0.4, 0.5) is 5.82 Å². The Kier molecular flexibility index (Phi) is 3.92. The summed E-state index contributed by atoms with van der Waals surface area (Å²) in [5.41, 5.74) is 7.82. The van der Waals surface area contributed by atoms with Crippen LogP contribution >= 0.6 is 12.2 Å². The summed E-state index contributed by atoms with van der Waals surface area (Å²) in [5, 5.41) is 4.52. The number of piperidine rings is 2. The van der Waals surface area contributed by atoms with Crippen LogP contribution < -0.4 is 10.6 Å². The highest BCUT2D eigenvalue weighted by Gasteiger charge is 2.36. The molecule has 21 heavy (non-hydrogen) atoms. The minimum absolute atomic E-state index is 0.457. The molecule has 2 unspecified atom stereocenters. The number of rotatable bonds is 2. The molecule has 2 fully saturated rings. The molecule has 5 nitrogen and oxygen atoms in total. The third-order valence-corrected chi connectivity index (χ3v) is 5.29. The molecule has 0 aliphatic carbocycles. The van der Waals surface area contributed by atoms with Crippen LogP contribution in [0.5, 0.6) is 0 Å². The minimum Gasteiger partial charge on any atom is -0.389 e. The lowest BCUT2D eigenvalue weighted by Crippen LogP contribution is -2.53. The summed E-state index contributed by atoms with van der Waals surface area (Å²) < 4.78 is 1.94. The number of nitrogens with two attached hydrogens (primary N) is 1. The standard InChI is InChI=1S/C15H25N5S/c1-10-13(14(16)21)15(19(3)17-10)20-8-6-12-11(9-20)5-4-7-18(12)2/h11-12H,4-9H2,1-3H3,(H2,16,21). The highest BCUT2D eigenvalue weighted by Crippen LogP contribution is 2.33. The van der Waals surface area contributed by atoms with E-state index in [2.05, 4.69) is 21.9 Å². The zero-order valence-electron chi connectivity index (χ0n) is 13.2. The molecule has 0 bridgehead atoms. The van der Waals surface area contributed by atoms with Crippen molar-refractivity contribution in [2.24, 2.45) is 18.7 Å². The predicted octanol–water partition coefficient (Wildman–Crippen LogP) is 1.28. The lowest BCUT2D eigenvalue weighted by molar-refractivity contribution is 0.102. The molecule has 2 saturated heterocycles. The van der Waals surface area contributed by atoms with Gasteiger partial charge in [-0.05, 0) is 45.7 Å². The molecule has 2 aliphatic heterocycles. The molecule has 0 radical (unpaired) electrons. The molecule has 0 spiro atoms. The van der Waals surface area contributed by atoms with Crippen molar-refractivity contribution < 1.29 is 0 Å². The van der Waals surface area contributed by atoms with E-state index >= 15 is 0 Å². The van der Waals surface area contributed by atoms with Crippen LogP contribution in [-0.2, 0) is 7.05 Å². The van der Waals surface area contributed by atoms with Gasteiger partial charge in [-0.3, -0.25) is 4.68 Å². The summed E-state index contributed by atoms with van der Waals surface area (Å²) in [6.07, 6.45) is 3.84. The van der Waals surface area contributed by atoms with E-state index in [4.69, 9.17) is 18.0 Å². The van der Waals surface area contributed by atoms with Gasteiger partial charge in [-0.15, -0.1) is 0 Å². The summed E-state index contributed by atoms with van der Waals surface area (Å²) in [5.74, 6) is 1.85. The second-order valence-corrected chi connectivity index (χ2v) is 6.90. The molecular formula is C15H25N5S. The Hall–Kier alpha value is -1.14. The molecular weight excluding hydrogens is 282 g/mol. The van der Waals surface area contributed by atoms with Crippen molar-refractivity contribution in [1.29, 1.82) is 0 Å². The highest BCUT2D eigenvalue weighted by atomic mass is 32.1. The fraction of sp³-hybridized carbons (Fsp3) is 0.733. The van der Waals surface area contributed by atoms with Crippen molar-refractivity contribution in [3.8, 4) is 0 Å². The molecule has 3 heterocycles. The van der Waals surface area contributed by atoms with E-state index in [1.807, 2.05) is 18.7 Å². The first-order valence-corrected chi connectivity index (χ1v) is 8.18.